The molecule has 0 aromatic heterocycles. The minimum Gasteiger partial charge on any atom is -0.341 e. The highest BCUT2D eigenvalue weighted by Gasteiger charge is 2.43. The Kier molecular flexibility index (Phi) is 2.54. The normalized spacial score (nSPS) is 31.7. The van der Waals surface area contributed by atoms with Crippen molar-refractivity contribution in [3.8, 4) is 0 Å². The Bertz CT molecular complexity index is 261. The van der Waals surface area contributed by atoms with Crippen molar-refractivity contribution >= 4 is 21.8 Å². The smallest absolute Gasteiger partial charge is 0.236 e. The molecule has 3 rings (SSSR count). The van der Waals surface area contributed by atoms with E-state index in [2.05, 4.69) is 20.8 Å². The molecule has 0 bridgehead atoms. The molecular weight excluding hydrogens is 254 g/mol. The molecule has 0 spiro atoms. The molecule has 0 aromatic rings. The summed E-state index contributed by atoms with van der Waals surface area (Å²) in [7, 11) is 0. The summed E-state index contributed by atoms with van der Waals surface area (Å²) in [6.45, 7) is 2.03. The number of rotatable bonds is 4. The van der Waals surface area contributed by atoms with Crippen LogP contribution in [0.3, 0.4) is 0 Å². The summed E-state index contributed by atoms with van der Waals surface area (Å²) >= 11 is 3.45. The van der Waals surface area contributed by atoms with Crippen molar-refractivity contribution in [3.05, 3.63) is 0 Å². The Morgan fingerprint density at radius 3 is 2.20 bits per heavy atom. The van der Waals surface area contributed by atoms with Crippen LogP contribution < -0.4 is 0 Å². The van der Waals surface area contributed by atoms with Crippen molar-refractivity contribution in [3.63, 3.8) is 0 Å². The van der Waals surface area contributed by atoms with E-state index in [4.69, 9.17) is 0 Å². The van der Waals surface area contributed by atoms with Gasteiger partial charge in [0.25, 0.3) is 0 Å². The summed E-state index contributed by atoms with van der Waals surface area (Å²) in [6, 6.07) is 0. The second kappa shape index (κ2) is 3.76. The number of amides is 1. The molecule has 1 aliphatic heterocycles. The van der Waals surface area contributed by atoms with E-state index >= 15 is 0 Å². The molecule has 1 atom stereocenters. The van der Waals surface area contributed by atoms with E-state index in [9.17, 15) is 4.79 Å². The molecule has 2 saturated carbocycles. The van der Waals surface area contributed by atoms with Gasteiger partial charge in [0.15, 0.2) is 0 Å². The lowest BCUT2D eigenvalue weighted by Crippen LogP contribution is -2.34. The summed E-state index contributed by atoms with van der Waals surface area (Å²) in [5, 5.41) is 0. The van der Waals surface area contributed by atoms with E-state index in [0.29, 0.717) is 5.91 Å². The number of carbonyl (C=O) groups is 1. The summed E-state index contributed by atoms with van der Waals surface area (Å²) < 4.78 is 0. The van der Waals surface area contributed by atoms with E-state index in [1.807, 2.05) is 0 Å². The van der Waals surface area contributed by atoms with Crippen LogP contribution in [0.2, 0.25) is 0 Å². The van der Waals surface area contributed by atoms with Gasteiger partial charge in [-0.2, -0.15) is 0 Å². The fraction of sp³-hybridized carbons (Fsp3) is 0.917. The van der Waals surface area contributed by atoms with Gasteiger partial charge in [-0.25, -0.2) is 0 Å². The lowest BCUT2D eigenvalue weighted by Gasteiger charge is -2.23. The van der Waals surface area contributed by atoms with Crippen LogP contribution in [0.15, 0.2) is 0 Å². The van der Waals surface area contributed by atoms with Gasteiger partial charge in [-0.05, 0) is 49.9 Å². The van der Waals surface area contributed by atoms with E-state index in [1.165, 1.54) is 25.7 Å². The number of carbonyl (C=O) groups excluding carboxylic acids is 1. The predicted molar refractivity (Wildman–Crippen MR) is 62.9 cm³/mol. The zero-order valence-electron chi connectivity index (χ0n) is 8.99. The minimum absolute atomic E-state index is 0.108. The largest absolute Gasteiger partial charge is 0.341 e. The average molecular weight is 272 g/mol. The quantitative estimate of drug-likeness (QED) is 0.720. The van der Waals surface area contributed by atoms with E-state index < -0.39 is 0 Å². The lowest BCUT2D eigenvalue weighted by molar-refractivity contribution is -0.127. The first-order chi connectivity index (χ1) is 7.25. The van der Waals surface area contributed by atoms with Gasteiger partial charge in [0.1, 0.15) is 0 Å². The van der Waals surface area contributed by atoms with Gasteiger partial charge in [0, 0.05) is 13.1 Å². The van der Waals surface area contributed by atoms with Crippen LogP contribution in [0.25, 0.3) is 0 Å². The van der Waals surface area contributed by atoms with Crippen molar-refractivity contribution in [1.82, 2.24) is 4.90 Å². The number of alkyl halides is 1. The zero-order valence-corrected chi connectivity index (χ0v) is 10.6. The summed E-state index contributed by atoms with van der Waals surface area (Å²) in [4.78, 5) is 14.0. The number of hydrogen-bond acceptors (Lipinski definition) is 1. The molecule has 0 aromatic carbocycles. The van der Waals surface area contributed by atoms with Gasteiger partial charge in [-0.1, -0.05) is 15.9 Å². The molecule has 0 N–H and O–H groups in total. The van der Waals surface area contributed by atoms with E-state index in [0.717, 1.165) is 37.3 Å². The van der Waals surface area contributed by atoms with Crippen LogP contribution in [0, 0.1) is 17.8 Å². The van der Waals surface area contributed by atoms with Crippen LogP contribution >= 0.6 is 15.9 Å². The SMILES string of the molecule is O=C1C(Br)CCN1CC(C1CC1)C1CC1. The maximum atomic E-state index is 11.8. The molecule has 1 amide bonds. The second-order valence-electron chi connectivity index (χ2n) is 5.38. The maximum absolute atomic E-state index is 11.8. The molecular formula is C12H18BrNO. The number of nitrogens with zero attached hydrogens (tertiary/aromatic N) is 1. The zero-order chi connectivity index (χ0) is 10.4. The Balaban J connectivity index is 1.60. The molecule has 2 nitrogen and oxygen atoms in total. The van der Waals surface area contributed by atoms with Crippen molar-refractivity contribution < 1.29 is 4.79 Å². The van der Waals surface area contributed by atoms with Crippen molar-refractivity contribution in [1.29, 1.82) is 0 Å². The number of likely N-dealkylation sites (tertiary alicyclic amines) is 1. The van der Waals surface area contributed by atoms with Crippen LogP contribution in [0.5, 0.6) is 0 Å². The predicted octanol–water partition coefficient (Wildman–Crippen LogP) is 2.42. The molecule has 3 fully saturated rings. The third-order valence-corrected chi connectivity index (χ3v) is 4.97. The van der Waals surface area contributed by atoms with Gasteiger partial charge in [0.05, 0.1) is 4.83 Å². The van der Waals surface area contributed by atoms with E-state index in [-0.39, 0.29) is 4.83 Å². The van der Waals surface area contributed by atoms with Gasteiger partial charge >= 0.3 is 0 Å². The van der Waals surface area contributed by atoms with Crippen molar-refractivity contribution in [2.45, 2.75) is 36.9 Å². The van der Waals surface area contributed by atoms with Gasteiger partial charge in [-0.15, -0.1) is 0 Å². The molecule has 2 aliphatic carbocycles. The highest BCUT2D eigenvalue weighted by molar-refractivity contribution is 9.10. The fourth-order valence-corrected chi connectivity index (χ4v) is 3.36. The van der Waals surface area contributed by atoms with Crippen molar-refractivity contribution in [2.24, 2.45) is 17.8 Å². The molecule has 1 heterocycles. The Morgan fingerprint density at radius 1 is 1.20 bits per heavy atom. The van der Waals surface area contributed by atoms with Crippen LogP contribution in [0.4, 0.5) is 0 Å². The Hall–Kier alpha value is -0.0500. The average Bonchev–Trinajstić information content (AvgIpc) is 3.11. The standard InChI is InChI=1S/C12H18BrNO/c13-11-5-6-14(12(11)15)7-10(8-1-2-8)9-3-4-9/h8-11H,1-7H2. The van der Waals surface area contributed by atoms with Gasteiger partial charge in [-0.3, -0.25) is 4.79 Å². The highest BCUT2D eigenvalue weighted by Crippen LogP contribution is 2.49. The third kappa shape index (κ3) is 2.08. The van der Waals surface area contributed by atoms with Crippen LogP contribution in [0.1, 0.15) is 32.1 Å². The number of hydrogen-bond donors (Lipinski definition) is 0. The molecule has 15 heavy (non-hydrogen) atoms. The Labute approximate surface area is 99.5 Å². The molecule has 3 heteroatoms. The monoisotopic (exact) mass is 271 g/mol. The molecule has 3 aliphatic rings. The first-order valence-electron chi connectivity index (χ1n) is 6.18. The highest BCUT2D eigenvalue weighted by atomic mass is 79.9. The summed E-state index contributed by atoms with van der Waals surface area (Å²) in [5.41, 5.74) is 0. The fourth-order valence-electron chi connectivity index (χ4n) is 2.87. The maximum Gasteiger partial charge on any atom is 0.236 e. The molecule has 84 valence electrons. The Morgan fingerprint density at radius 2 is 1.80 bits per heavy atom. The minimum atomic E-state index is 0.108. The third-order valence-electron chi connectivity index (χ3n) is 4.12. The van der Waals surface area contributed by atoms with Gasteiger partial charge < -0.3 is 4.90 Å². The van der Waals surface area contributed by atoms with Crippen molar-refractivity contribution in [2.75, 3.05) is 13.1 Å². The first-order valence-corrected chi connectivity index (χ1v) is 7.10. The topological polar surface area (TPSA) is 20.3 Å². The molecule has 0 radical (unpaired) electrons. The molecule has 1 saturated heterocycles. The first kappa shape index (κ1) is 10.1. The van der Waals surface area contributed by atoms with Gasteiger partial charge in [0.2, 0.25) is 5.91 Å². The van der Waals surface area contributed by atoms with Crippen LogP contribution in [-0.4, -0.2) is 28.7 Å². The van der Waals surface area contributed by atoms with Crippen LogP contribution in [-0.2, 0) is 4.79 Å². The summed E-state index contributed by atoms with van der Waals surface area (Å²) in [6.07, 6.45) is 6.67. The lowest BCUT2D eigenvalue weighted by atomic mass is 9.97. The second-order valence-corrected chi connectivity index (χ2v) is 6.48. The van der Waals surface area contributed by atoms with E-state index in [1.54, 1.807) is 0 Å². The summed E-state index contributed by atoms with van der Waals surface area (Å²) in [5.74, 6) is 3.09. The number of halogens is 1. The molecule has 1 unspecified atom stereocenters.